The number of sulfonamides is 1. The highest BCUT2D eigenvalue weighted by Gasteiger charge is 2.55. The van der Waals surface area contributed by atoms with E-state index >= 15 is 0 Å². The van der Waals surface area contributed by atoms with Gasteiger partial charge in [-0.1, -0.05) is 62.7 Å². The van der Waals surface area contributed by atoms with Gasteiger partial charge in [0.1, 0.15) is 10.6 Å². The van der Waals surface area contributed by atoms with Gasteiger partial charge in [0, 0.05) is 24.7 Å². The van der Waals surface area contributed by atoms with Gasteiger partial charge < -0.3 is 19.5 Å². The van der Waals surface area contributed by atoms with Gasteiger partial charge in [0.25, 0.3) is 21.8 Å². The zero-order chi connectivity index (χ0) is 38.3. The number of aliphatic imine (C=N–C) groups is 1. The molecule has 3 aromatic rings. The number of unbranched alkanes of at least 4 members (excludes halogenated alkanes) is 2. The number of amides is 3. The molecule has 0 aromatic heterocycles. The normalized spacial score (nSPS) is 16.5. The van der Waals surface area contributed by atoms with Gasteiger partial charge in [-0.3, -0.25) is 13.9 Å². The molecule has 3 amide bonds. The maximum atomic E-state index is 14.8. The highest BCUT2D eigenvalue weighted by Crippen LogP contribution is 2.41. The Morgan fingerprint density at radius 1 is 0.925 bits per heavy atom. The maximum absolute atomic E-state index is 14.8. The van der Waals surface area contributed by atoms with Crippen molar-refractivity contribution in [1.29, 1.82) is 0 Å². The fourth-order valence-electron chi connectivity index (χ4n) is 5.83. The van der Waals surface area contributed by atoms with E-state index in [0.717, 1.165) is 46.0 Å². The molecule has 2 aliphatic rings. The topological polar surface area (TPSA) is 144 Å². The van der Waals surface area contributed by atoms with Crippen molar-refractivity contribution in [2.75, 3.05) is 31.7 Å². The van der Waals surface area contributed by atoms with Crippen LogP contribution in [0.4, 0.5) is 16.2 Å². The van der Waals surface area contributed by atoms with Crippen LogP contribution in [0.2, 0.25) is 0 Å². The molecule has 14 heteroatoms. The summed E-state index contributed by atoms with van der Waals surface area (Å²) in [7, 11) is -4.29. The van der Waals surface area contributed by atoms with Crippen molar-refractivity contribution in [2.24, 2.45) is 4.99 Å². The first-order valence-electron chi connectivity index (χ1n) is 18.0. The molecule has 1 atom stereocenters. The van der Waals surface area contributed by atoms with E-state index in [1.54, 1.807) is 18.2 Å². The van der Waals surface area contributed by atoms with Crippen LogP contribution in [0, 0.1) is 13.8 Å². The molecule has 0 bridgehead atoms. The van der Waals surface area contributed by atoms with Crippen LogP contribution in [0.3, 0.4) is 0 Å². The van der Waals surface area contributed by atoms with Gasteiger partial charge in [0.05, 0.1) is 22.9 Å². The quantitative estimate of drug-likeness (QED) is 0.137. The van der Waals surface area contributed by atoms with E-state index in [-0.39, 0.29) is 36.0 Å². The Bertz CT molecular complexity index is 1980. The zero-order valence-corrected chi connectivity index (χ0v) is 32.8. The number of para-hydroxylation sites is 1. The number of benzene rings is 3. The SMILES string of the molecule is CCCCOCCCN1C(C(C(=O)Nc2cc(C)ccc2Sc2cc(C)ccc2OCCCC)N2C(=O)OC(C)(C)C2=O)=Nc2ccccc2S1(=O)=O. The molecule has 1 saturated heterocycles. The average molecular weight is 765 g/mol. The molecule has 1 fully saturated rings. The number of fused-ring (bicyclic) bond motifs is 1. The van der Waals surface area contributed by atoms with Crippen molar-refractivity contribution in [3.8, 4) is 5.75 Å². The second-order valence-electron chi connectivity index (χ2n) is 13.5. The molecule has 53 heavy (non-hydrogen) atoms. The lowest BCUT2D eigenvalue weighted by Crippen LogP contribution is -2.59. The second kappa shape index (κ2) is 17.2. The third-order valence-electron chi connectivity index (χ3n) is 8.71. The number of carbonyl (C=O) groups excluding carboxylic acids is 3. The smallest absolute Gasteiger partial charge is 0.418 e. The van der Waals surface area contributed by atoms with Crippen LogP contribution in [0.5, 0.6) is 5.75 Å². The number of hydrogen-bond donors (Lipinski definition) is 1. The molecule has 0 saturated carbocycles. The van der Waals surface area contributed by atoms with E-state index in [2.05, 4.69) is 17.2 Å². The predicted octanol–water partition coefficient (Wildman–Crippen LogP) is 7.64. The van der Waals surface area contributed by atoms with Crippen molar-refractivity contribution in [2.45, 2.75) is 100.0 Å². The minimum absolute atomic E-state index is 0.0575. The Kier molecular flexibility index (Phi) is 12.9. The van der Waals surface area contributed by atoms with Crippen LogP contribution in [-0.2, 0) is 29.1 Å². The molecule has 12 nitrogen and oxygen atoms in total. The first kappa shape index (κ1) is 39.8. The Balaban J connectivity index is 1.57. The molecule has 1 unspecified atom stereocenters. The summed E-state index contributed by atoms with van der Waals surface area (Å²) in [5, 5.41) is 2.93. The average Bonchev–Trinajstić information content (AvgIpc) is 3.31. The summed E-state index contributed by atoms with van der Waals surface area (Å²) >= 11 is 1.39. The first-order valence-corrected chi connectivity index (χ1v) is 20.2. The number of hydrogen-bond acceptors (Lipinski definition) is 10. The van der Waals surface area contributed by atoms with Gasteiger partial charge in [-0.25, -0.2) is 23.1 Å². The van der Waals surface area contributed by atoms with Gasteiger partial charge in [0.15, 0.2) is 17.5 Å². The summed E-state index contributed by atoms with van der Waals surface area (Å²) in [6.07, 6.45) is 2.86. The Hall–Kier alpha value is -4.40. The van der Waals surface area contributed by atoms with Crippen molar-refractivity contribution in [1.82, 2.24) is 9.21 Å². The van der Waals surface area contributed by atoms with Crippen molar-refractivity contribution in [3.63, 3.8) is 0 Å². The third kappa shape index (κ3) is 9.05. The molecule has 2 heterocycles. The van der Waals surface area contributed by atoms with Crippen molar-refractivity contribution >= 4 is 56.9 Å². The lowest BCUT2D eigenvalue weighted by atomic mass is 10.1. The van der Waals surface area contributed by atoms with Crippen molar-refractivity contribution in [3.05, 3.63) is 71.8 Å². The highest BCUT2D eigenvalue weighted by atomic mass is 32.2. The lowest BCUT2D eigenvalue weighted by molar-refractivity contribution is -0.137. The standard InChI is InChI=1S/C39H48N4O8S2/c1-7-9-21-49-22-13-20-42-35(40-28-14-11-12-15-33(28)53(42,47)48)34(43-37(45)39(5,6)51-38(43)46)36(44)41-29-24-26(3)17-19-31(29)52-32-25-27(4)16-18-30(32)50-23-10-8-2/h11-12,14-19,24-25,34H,7-10,13,20-23H2,1-6H3,(H,41,44). The fourth-order valence-corrected chi connectivity index (χ4v) is 8.51. The number of carbonyl (C=O) groups is 3. The molecule has 284 valence electrons. The molecule has 2 aliphatic heterocycles. The summed E-state index contributed by atoms with van der Waals surface area (Å²) in [6.45, 7) is 12.0. The summed E-state index contributed by atoms with van der Waals surface area (Å²) in [6, 6.07) is 15.8. The first-order chi connectivity index (χ1) is 25.3. The Labute approximate surface area is 316 Å². The second-order valence-corrected chi connectivity index (χ2v) is 16.4. The number of rotatable bonds is 17. The maximum Gasteiger partial charge on any atom is 0.418 e. The van der Waals surface area contributed by atoms with E-state index in [4.69, 9.17) is 14.2 Å². The van der Waals surface area contributed by atoms with Crippen LogP contribution in [0.25, 0.3) is 0 Å². The van der Waals surface area contributed by atoms with Gasteiger partial charge in [-0.2, -0.15) is 0 Å². The highest BCUT2D eigenvalue weighted by molar-refractivity contribution is 7.99. The Morgan fingerprint density at radius 3 is 2.32 bits per heavy atom. The van der Waals surface area contributed by atoms with E-state index in [0.29, 0.717) is 34.4 Å². The van der Waals surface area contributed by atoms with E-state index in [1.165, 1.54) is 37.7 Å². The monoisotopic (exact) mass is 764 g/mol. The summed E-state index contributed by atoms with van der Waals surface area (Å²) in [5.41, 5.74) is 0.717. The number of cyclic esters (lactones) is 1. The summed E-state index contributed by atoms with van der Waals surface area (Å²) in [4.78, 5) is 48.9. The van der Waals surface area contributed by atoms with E-state index in [9.17, 15) is 22.8 Å². The van der Waals surface area contributed by atoms with Crippen LogP contribution in [0.1, 0.15) is 70.9 Å². The van der Waals surface area contributed by atoms with Crippen molar-refractivity contribution < 1.29 is 37.0 Å². The minimum atomic E-state index is -4.29. The minimum Gasteiger partial charge on any atom is -0.492 e. The number of ether oxygens (including phenoxy) is 3. The lowest BCUT2D eigenvalue weighted by Gasteiger charge is -2.35. The zero-order valence-electron chi connectivity index (χ0n) is 31.1. The Morgan fingerprint density at radius 2 is 1.60 bits per heavy atom. The number of aryl methyl sites for hydroxylation is 2. The number of amidine groups is 1. The van der Waals surface area contributed by atoms with Gasteiger partial charge >= 0.3 is 6.09 Å². The number of nitrogens with one attached hydrogen (secondary N) is 1. The molecule has 1 N–H and O–H groups in total. The molecule has 0 radical (unpaired) electrons. The molecular formula is C39H48N4O8S2. The number of nitrogens with zero attached hydrogens (tertiary/aromatic N) is 3. The van der Waals surface area contributed by atoms with Gasteiger partial charge in [0.2, 0.25) is 0 Å². The summed E-state index contributed by atoms with van der Waals surface area (Å²) in [5.74, 6) is -1.25. The predicted molar refractivity (Wildman–Crippen MR) is 204 cm³/mol. The van der Waals surface area contributed by atoms with E-state index < -0.39 is 39.6 Å². The van der Waals surface area contributed by atoms with Crippen LogP contribution >= 0.6 is 11.8 Å². The van der Waals surface area contributed by atoms with Gasteiger partial charge in [-0.05, 0) is 94.5 Å². The largest absolute Gasteiger partial charge is 0.492 e. The van der Waals surface area contributed by atoms with E-state index in [1.807, 2.05) is 51.1 Å². The van der Waals surface area contributed by atoms with Crippen LogP contribution in [-0.4, -0.2) is 79.4 Å². The van der Waals surface area contributed by atoms with Crippen LogP contribution < -0.4 is 10.1 Å². The number of anilines is 1. The molecule has 3 aromatic carbocycles. The fraction of sp³-hybridized carbons (Fsp3) is 0.436. The molecule has 5 rings (SSSR count). The molecule has 0 spiro atoms. The van der Waals surface area contributed by atoms with Gasteiger partial charge in [-0.15, -0.1) is 0 Å². The van der Waals surface area contributed by atoms with Crippen LogP contribution in [0.15, 0.2) is 80.3 Å². The molecular weight excluding hydrogens is 717 g/mol. The summed E-state index contributed by atoms with van der Waals surface area (Å²) < 4.78 is 46.8. The third-order valence-corrected chi connectivity index (χ3v) is 11.7. The molecule has 0 aliphatic carbocycles. The number of imide groups is 1.